The van der Waals surface area contributed by atoms with Gasteiger partial charge in [0.25, 0.3) is 0 Å². The van der Waals surface area contributed by atoms with E-state index in [0.717, 1.165) is 11.2 Å². The number of ether oxygens (including phenoxy) is 1. The zero-order valence-corrected chi connectivity index (χ0v) is 13.5. The van der Waals surface area contributed by atoms with Crippen molar-refractivity contribution in [2.75, 3.05) is 0 Å². The quantitative estimate of drug-likeness (QED) is 0.746. The molecule has 114 valence electrons. The number of rotatable bonds is 1. The Hall–Kier alpha value is -1.52. The fourth-order valence-electron chi connectivity index (χ4n) is 3.18. The van der Waals surface area contributed by atoms with E-state index < -0.39 is 0 Å². The van der Waals surface area contributed by atoms with Gasteiger partial charge in [0.05, 0.1) is 11.2 Å². The Morgan fingerprint density at radius 2 is 1.64 bits per heavy atom. The van der Waals surface area contributed by atoms with Crippen LogP contribution in [0.2, 0.25) is 0 Å². The summed E-state index contributed by atoms with van der Waals surface area (Å²) in [7, 11) is -0.340. The molecule has 2 aliphatic heterocycles. The summed E-state index contributed by atoms with van der Waals surface area (Å²) in [6.07, 6.45) is 8.56. The van der Waals surface area contributed by atoms with Crippen molar-refractivity contribution in [1.29, 1.82) is 0 Å². The molecule has 1 saturated heterocycles. The molecule has 1 fully saturated rings. The third-order valence-corrected chi connectivity index (χ3v) is 5.27. The highest BCUT2D eigenvalue weighted by Crippen LogP contribution is 2.41. The SMILES string of the molecule is CC1(C)OB(c2ccc3c(c2)OC2C=CC=CC32)OC1(C)C. The second-order valence-corrected chi connectivity index (χ2v) is 7.26. The summed E-state index contributed by atoms with van der Waals surface area (Å²) in [6, 6.07) is 6.31. The fourth-order valence-corrected chi connectivity index (χ4v) is 3.18. The maximum atomic E-state index is 6.12. The molecule has 0 amide bonds. The largest absolute Gasteiger partial charge is 0.494 e. The number of benzene rings is 1. The van der Waals surface area contributed by atoms with Crippen LogP contribution in [0.15, 0.2) is 42.5 Å². The first-order chi connectivity index (χ1) is 10.4. The molecule has 1 aliphatic carbocycles. The van der Waals surface area contributed by atoms with Gasteiger partial charge in [-0.15, -0.1) is 0 Å². The first kappa shape index (κ1) is 14.1. The predicted octanol–water partition coefficient (Wildman–Crippen LogP) is 2.96. The van der Waals surface area contributed by atoms with Gasteiger partial charge in [-0.3, -0.25) is 0 Å². The van der Waals surface area contributed by atoms with Crippen LogP contribution >= 0.6 is 0 Å². The fraction of sp³-hybridized carbons (Fsp3) is 0.444. The maximum Gasteiger partial charge on any atom is 0.494 e. The molecule has 2 heterocycles. The van der Waals surface area contributed by atoms with Gasteiger partial charge < -0.3 is 14.0 Å². The summed E-state index contributed by atoms with van der Waals surface area (Å²) >= 11 is 0. The summed E-state index contributed by atoms with van der Waals surface area (Å²) in [5.41, 5.74) is 1.61. The molecular weight excluding hydrogens is 275 g/mol. The normalized spacial score (nSPS) is 30.1. The third kappa shape index (κ3) is 1.98. The van der Waals surface area contributed by atoms with E-state index >= 15 is 0 Å². The molecule has 0 spiro atoms. The average Bonchev–Trinajstić information content (AvgIpc) is 2.93. The van der Waals surface area contributed by atoms with Crippen molar-refractivity contribution in [3.05, 3.63) is 48.1 Å². The average molecular weight is 296 g/mol. The summed E-state index contributed by atoms with van der Waals surface area (Å²) in [4.78, 5) is 0. The highest BCUT2D eigenvalue weighted by atomic mass is 16.7. The van der Waals surface area contributed by atoms with E-state index in [2.05, 4.69) is 64.1 Å². The minimum absolute atomic E-state index is 0.119. The van der Waals surface area contributed by atoms with E-state index in [-0.39, 0.29) is 24.4 Å². The van der Waals surface area contributed by atoms with Crippen LogP contribution in [-0.2, 0) is 9.31 Å². The molecule has 0 N–H and O–H groups in total. The summed E-state index contributed by atoms with van der Waals surface area (Å²) < 4.78 is 18.3. The molecule has 0 radical (unpaired) electrons. The Balaban J connectivity index is 1.65. The molecular formula is C18H21BO3. The van der Waals surface area contributed by atoms with Gasteiger partial charge in [0.15, 0.2) is 0 Å². The number of fused-ring (bicyclic) bond motifs is 3. The van der Waals surface area contributed by atoms with Gasteiger partial charge in [-0.25, -0.2) is 0 Å². The van der Waals surface area contributed by atoms with Crippen molar-refractivity contribution in [3.8, 4) is 5.75 Å². The first-order valence-electron chi connectivity index (χ1n) is 7.88. The zero-order chi connectivity index (χ0) is 15.5. The van der Waals surface area contributed by atoms with Crippen LogP contribution in [-0.4, -0.2) is 24.4 Å². The van der Waals surface area contributed by atoms with Crippen molar-refractivity contribution in [2.45, 2.75) is 50.9 Å². The van der Waals surface area contributed by atoms with E-state index in [1.807, 2.05) is 6.08 Å². The lowest BCUT2D eigenvalue weighted by atomic mass is 9.78. The van der Waals surface area contributed by atoms with Crippen LogP contribution in [0.5, 0.6) is 5.75 Å². The molecule has 2 unspecified atom stereocenters. The van der Waals surface area contributed by atoms with Gasteiger partial charge >= 0.3 is 7.12 Å². The molecule has 3 aliphatic rings. The van der Waals surface area contributed by atoms with Crippen LogP contribution in [0.25, 0.3) is 0 Å². The Bertz CT molecular complexity index is 659. The second-order valence-electron chi connectivity index (χ2n) is 7.26. The highest BCUT2D eigenvalue weighted by molar-refractivity contribution is 6.62. The Morgan fingerprint density at radius 1 is 0.955 bits per heavy atom. The summed E-state index contributed by atoms with van der Waals surface area (Å²) in [5.74, 6) is 1.27. The van der Waals surface area contributed by atoms with Crippen LogP contribution < -0.4 is 10.2 Å². The van der Waals surface area contributed by atoms with Gasteiger partial charge in [-0.05, 0) is 45.3 Å². The van der Waals surface area contributed by atoms with E-state index in [1.165, 1.54) is 5.56 Å². The molecule has 4 heteroatoms. The van der Waals surface area contributed by atoms with Gasteiger partial charge in [0, 0.05) is 11.5 Å². The zero-order valence-electron chi connectivity index (χ0n) is 13.5. The number of hydrogen-bond acceptors (Lipinski definition) is 3. The van der Waals surface area contributed by atoms with E-state index in [1.54, 1.807) is 0 Å². The van der Waals surface area contributed by atoms with Crippen molar-refractivity contribution in [1.82, 2.24) is 0 Å². The lowest BCUT2D eigenvalue weighted by Gasteiger charge is -2.32. The molecule has 4 rings (SSSR count). The number of allylic oxidation sites excluding steroid dienone is 2. The molecule has 0 bridgehead atoms. The van der Waals surface area contributed by atoms with Gasteiger partial charge in [-0.2, -0.15) is 0 Å². The van der Waals surface area contributed by atoms with Crippen molar-refractivity contribution in [3.63, 3.8) is 0 Å². The lowest BCUT2D eigenvalue weighted by molar-refractivity contribution is 0.00578. The summed E-state index contributed by atoms with van der Waals surface area (Å²) in [6.45, 7) is 8.28. The van der Waals surface area contributed by atoms with Crippen molar-refractivity contribution < 1.29 is 14.0 Å². The molecule has 2 atom stereocenters. The molecule has 3 nitrogen and oxygen atoms in total. The second kappa shape index (κ2) is 4.50. The van der Waals surface area contributed by atoms with Crippen LogP contribution in [0.4, 0.5) is 0 Å². The Labute approximate surface area is 132 Å². The van der Waals surface area contributed by atoms with Crippen molar-refractivity contribution in [2.24, 2.45) is 0 Å². The molecule has 1 aromatic rings. The Kier molecular flexibility index (Phi) is 2.88. The predicted molar refractivity (Wildman–Crippen MR) is 87.6 cm³/mol. The standard InChI is InChI=1S/C18H21BO3/c1-17(2)18(3,4)22-19(21-17)12-9-10-14-13-7-5-6-8-15(13)20-16(14)11-12/h5-11,13,15H,1-4H3. The topological polar surface area (TPSA) is 27.7 Å². The van der Waals surface area contributed by atoms with E-state index in [4.69, 9.17) is 14.0 Å². The minimum Gasteiger partial charge on any atom is -0.485 e. The monoisotopic (exact) mass is 296 g/mol. The van der Waals surface area contributed by atoms with Crippen molar-refractivity contribution >= 4 is 12.6 Å². The molecule has 0 aromatic heterocycles. The third-order valence-electron chi connectivity index (χ3n) is 5.27. The maximum absolute atomic E-state index is 6.12. The van der Waals surface area contributed by atoms with Crippen LogP contribution in [0.1, 0.15) is 39.2 Å². The first-order valence-corrected chi connectivity index (χ1v) is 7.88. The van der Waals surface area contributed by atoms with Crippen LogP contribution in [0, 0.1) is 0 Å². The highest BCUT2D eigenvalue weighted by Gasteiger charge is 2.52. The molecule has 1 aromatic carbocycles. The van der Waals surface area contributed by atoms with Gasteiger partial charge in [0.2, 0.25) is 0 Å². The molecule has 22 heavy (non-hydrogen) atoms. The smallest absolute Gasteiger partial charge is 0.485 e. The van der Waals surface area contributed by atoms with Gasteiger partial charge in [-0.1, -0.05) is 30.4 Å². The van der Waals surface area contributed by atoms with E-state index in [9.17, 15) is 0 Å². The lowest BCUT2D eigenvalue weighted by Crippen LogP contribution is -2.41. The molecule has 0 saturated carbocycles. The van der Waals surface area contributed by atoms with Crippen LogP contribution in [0.3, 0.4) is 0 Å². The Morgan fingerprint density at radius 3 is 2.36 bits per heavy atom. The summed E-state index contributed by atoms with van der Waals surface area (Å²) in [5, 5.41) is 0. The minimum atomic E-state index is -0.340. The van der Waals surface area contributed by atoms with Gasteiger partial charge in [0.1, 0.15) is 11.9 Å². The van der Waals surface area contributed by atoms with E-state index in [0.29, 0.717) is 5.92 Å². The number of hydrogen-bond donors (Lipinski definition) is 0.